The van der Waals surface area contributed by atoms with Gasteiger partial charge < -0.3 is 0 Å². The van der Waals surface area contributed by atoms with Gasteiger partial charge >= 0.3 is 0 Å². The van der Waals surface area contributed by atoms with Crippen molar-refractivity contribution >= 4 is 23.2 Å². The van der Waals surface area contributed by atoms with Crippen LogP contribution in [0.25, 0.3) is 6.08 Å². The highest BCUT2D eigenvalue weighted by Crippen LogP contribution is 2.16. The van der Waals surface area contributed by atoms with Gasteiger partial charge in [-0.2, -0.15) is 5.26 Å². The predicted molar refractivity (Wildman–Crippen MR) is 66.5 cm³/mol. The summed E-state index contributed by atoms with van der Waals surface area (Å²) in [5.41, 5.74) is 0.870. The van der Waals surface area contributed by atoms with Crippen molar-refractivity contribution < 1.29 is 4.79 Å². The molecule has 82 valence electrons. The van der Waals surface area contributed by atoms with Crippen LogP contribution in [0.4, 0.5) is 0 Å². The number of hydrogen-bond donors (Lipinski definition) is 0. The van der Waals surface area contributed by atoms with Gasteiger partial charge in [-0.25, -0.2) is 0 Å². The van der Waals surface area contributed by atoms with E-state index in [0.717, 1.165) is 5.56 Å². The van der Waals surface area contributed by atoms with Gasteiger partial charge in [0.05, 0.1) is 4.88 Å². The average Bonchev–Trinajstić information content (AvgIpc) is 2.90. The van der Waals surface area contributed by atoms with Crippen LogP contribution in [0.5, 0.6) is 0 Å². The summed E-state index contributed by atoms with van der Waals surface area (Å²) in [6.07, 6.45) is 4.80. The van der Waals surface area contributed by atoms with E-state index in [-0.39, 0.29) is 11.4 Å². The van der Waals surface area contributed by atoms with Crippen molar-refractivity contribution in [1.29, 1.82) is 5.26 Å². The lowest BCUT2D eigenvalue weighted by molar-refractivity contribution is 0.104. The molecule has 0 saturated carbocycles. The molecule has 0 amide bonds. The summed E-state index contributed by atoms with van der Waals surface area (Å²) in [7, 11) is 0. The predicted octanol–water partition coefficient (Wildman–Crippen LogP) is 2.93. The Balaban J connectivity index is 2.33. The highest BCUT2D eigenvalue weighted by Gasteiger charge is 2.12. The third-order valence-corrected chi connectivity index (χ3v) is 2.97. The van der Waals surface area contributed by atoms with E-state index in [0.29, 0.717) is 4.88 Å². The van der Waals surface area contributed by atoms with Crippen LogP contribution in [0.15, 0.2) is 47.6 Å². The number of nitrogens with zero attached hydrogens (tertiary/aromatic N) is 2. The maximum absolute atomic E-state index is 11.9. The number of nitriles is 1. The summed E-state index contributed by atoms with van der Waals surface area (Å²) in [6, 6.07) is 8.99. The Morgan fingerprint density at radius 1 is 1.41 bits per heavy atom. The molecule has 0 aromatic carbocycles. The topological polar surface area (TPSA) is 53.8 Å². The summed E-state index contributed by atoms with van der Waals surface area (Å²) in [6.45, 7) is 0. The van der Waals surface area contributed by atoms with Crippen molar-refractivity contribution in [2.75, 3.05) is 0 Å². The first-order chi connectivity index (χ1) is 8.31. The van der Waals surface area contributed by atoms with E-state index in [2.05, 4.69) is 4.98 Å². The molecule has 0 saturated heterocycles. The number of ketones is 1. The van der Waals surface area contributed by atoms with Crippen LogP contribution in [0.1, 0.15) is 15.2 Å². The summed E-state index contributed by atoms with van der Waals surface area (Å²) in [4.78, 5) is 16.4. The fourth-order valence-corrected chi connectivity index (χ4v) is 1.99. The largest absolute Gasteiger partial charge is 0.287 e. The second kappa shape index (κ2) is 5.19. The molecule has 0 aliphatic carbocycles. The third-order valence-electron chi connectivity index (χ3n) is 2.11. The van der Waals surface area contributed by atoms with Gasteiger partial charge in [0.1, 0.15) is 11.6 Å². The SMILES string of the molecule is N#C/C(=C\c1cccnc1)C(=O)c1cccs1. The van der Waals surface area contributed by atoms with E-state index in [1.807, 2.05) is 11.4 Å². The second-order valence-electron chi connectivity index (χ2n) is 3.26. The molecule has 2 heterocycles. The number of Topliss-reactive ketones (excluding diaryl/α,β-unsaturated/α-hetero) is 1. The summed E-state index contributed by atoms with van der Waals surface area (Å²) in [5.74, 6) is -0.244. The molecule has 0 aliphatic rings. The molecular weight excluding hydrogens is 232 g/mol. The minimum absolute atomic E-state index is 0.125. The van der Waals surface area contributed by atoms with Crippen molar-refractivity contribution in [3.8, 4) is 6.07 Å². The van der Waals surface area contributed by atoms with E-state index in [4.69, 9.17) is 5.26 Å². The number of carbonyl (C=O) groups excluding carboxylic acids is 1. The van der Waals surface area contributed by atoms with Crippen LogP contribution >= 0.6 is 11.3 Å². The lowest BCUT2D eigenvalue weighted by Gasteiger charge is -1.95. The van der Waals surface area contributed by atoms with E-state index < -0.39 is 0 Å². The minimum atomic E-state index is -0.244. The quantitative estimate of drug-likeness (QED) is 0.471. The molecule has 0 unspecified atom stereocenters. The van der Waals surface area contributed by atoms with Gasteiger partial charge in [-0.3, -0.25) is 9.78 Å². The van der Waals surface area contributed by atoms with Gasteiger partial charge in [-0.15, -0.1) is 11.3 Å². The third kappa shape index (κ3) is 2.65. The molecule has 0 N–H and O–H groups in total. The first kappa shape index (κ1) is 11.2. The van der Waals surface area contributed by atoms with Crippen molar-refractivity contribution in [3.63, 3.8) is 0 Å². The molecule has 2 aromatic rings. The van der Waals surface area contributed by atoms with Gasteiger partial charge in [0.2, 0.25) is 5.78 Å². The molecule has 4 heteroatoms. The lowest BCUT2D eigenvalue weighted by Crippen LogP contribution is -1.98. The molecule has 2 rings (SSSR count). The van der Waals surface area contributed by atoms with Crippen LogP contribution in [-0.4, -0.2) is 10.8 Å². The first-order valence-corrected chi connectivity index (χ1v) is 5.79. The van der Waals surface area contributed by atoms with E-state index in [1.165, 1.54) is 11.3 Å². The van der Waals surface area contributed by atoms with Crippen molar-refractivity contribution in [2.45, 2.75) is 0 Å². The van der Waals surface area contributed by atoms with E-state index in [1.54, 1.807) is 42.7 Å². The van der Waals surface area contributed by atoms with E-state index >= 15 is 0 Å². The number of pyridine rings is 1. The number of thiophene rings is 1. The first-order valence-electron chi connectivity index (χ1n) is 4.91. The molecule has 2 aromatic heterocycles. The van der Waals surface area contributed by atoms with Crippen LogP contribution in [0.2, 0.25) is 0 Å². The Hall–Kier alpha value is -2.25. The van der Waals surface area contributed by atoms with E-state index in [9.17, 15) is 4.79 Å². The molecule has 0 spiro atoms. The van der Waals surface area contributed by atoms with Crippen LogP contribution in [0, 0.1) is 11.3 Å². The zero-order chi connectivity index (χ0) is 12.1. The number of aromatic nitrogens is 1. The molecule has 0 fully saturated rings. The Kier molecular flexibility index (Phi) is 3.43. The van der Waals surface area contributed by atoms with Crippen LogP contribution in [-0.2, 0) is 0 Å². The second-order valence-corrected chi connectivity index (χ2v) is 4.21. The monoisotopic (exact) mass is 240 g/mol. The summed E-state index contributed by atoms with van der Waals surface area (Å²) >= 11 is 1.33. The van der Waals surface area contributed by atoms with Gasteiger partial charge in [0.25, 0.3) is 0 Å². The smallest absolute Gasteiger partial charge is 0.213 e. The van der Waals surface area contributed by atoms with Gasteiger partial charge in [0.15, 0.2) is 0 Å². The minimum Gasteiger partial charge on any atom is -0.287 e. The zero-order valence-corrected chi connectivity index (χ0v) is 9.65. The van der Waals surface area contributed by atoms with Crippen molar-refractivity contribution in [1.82, 2.24) is 4.98 Å². The number of allylic oxidation sites excluding steroid dienone is 1. The summed E-state index contributed by atoms with van der Waals surface area (Å²) in [5, 5.41) is 10.8. The molecule has 0 bridgehead atoms. The van der Waals surface area contributed by atoms with Crippen LogP contribution < -0.4 is 0 Å². The number of carbonyl (C=O) groups is 1. The Bertz CT molecular complexity index is 580. The standard InChI is InChI=1S/C13H8N2OS/c14-8-11(7-10-3-1-5-15-9-10)13(16)12-4-2-6-17-12/h1-7,9H/b11-7+. The van der Waals surface area contributed by atoms with Crippen LogP contribution in [0.3, 0.4) is 0 Å². The normalized spacial score (nSPS) is 10.9. The highest BCUT2D eigenvalue weighted by molar-refractivity contribution is 7.12. The average molecular weight is 240 g/mol. The van der Waals surface area contributed by atoms with Gasteiger partial charge in [-0.1, -0.05) is 12.1 Å². The number of rotatable bonds is 3. The maximum Gasteiger partial charge on any atom is 0.213 e. The Labute approximate surface area is 103 Å². The Morgan fingerprint density at radius 3 is 2.88 bits per heavy atom. The van der Waals surface area contributed by atoms with Crippen molar-refractivity contribution in [2.24, 2.45) is 0 Å². The number of hydrogen-bond acceptors (Lipinski definition) is 4. The lowest BCUT2D eigenvalue weighted by atomic mass is 10.1. The zero-order valence-electron chi connectivity index (χ0n) is 8.83. The molecular formula is C13H8N2OS. The summed E-state index contributed by atoms with van der Waals surface area (Å²) < 4.78 is 0. The molecule has 0 aliphatic heterocycles. The molecule has 17 heavy (non-hydrogen) atoms. The van der Waals surface area contributed by atoms with Gasteiger partial charge in [-0.05, 0) is 29.2 Å². The molecule has 0 radical (unpaired) electrons. The Morgan fingerprint density at radius 2 is 2.29 bits per heavy atom. The molecule has 3 nitrogen and oxygen atoms in total. The maximum atomic E-state index is 11.9. The fourth-order valence-electron chi connectivity index (χ4n) is 1.32. The molecule has 0 atom stereocenters. The highest BCUT2D eigenvalue weighted by atomic mass is 32.1. The fraction of sp³-hybridized carbons (Fsp3) is 0. The van der Waals surface area contributed by atoms with Gasteiger partial charge in [0, 0.05) is 12.4 Å². The van der Waals surface area contributed by atoms with Crippen molar-refractivity contribution in [3.05, 3.63) is 58.1 Å².